The van der Waals surface area contributed by atoms with Gasteiger partial charge in [0.25, 0.3) is 11.1 Å². The van der Waals surface area contributed by atoms with Gasteiger partial charge in [-0.15, -0.1) is 0 Å². The van der Waals surface area contributed by atoms with Crippen LogP contribution in [-0.4, -0.2) is 60.2 Å². The summed E-state index contributed by atoms with van der Waals surface area (Å²) in [6, 6.07) is 21.2. The highest BCUT2D eigenvalue weighted by Gasteiger charge is 2.29. The Morgan fingerprint density at radius 3 is 1.71 bits per heavy atom. The van der Waals surface area contributed by atoms with E-state index in [4.69, 9.17) is 9.47 Å². The first kappa shape index (κ1) is 56.5. The van der Waals surface area contributed by atoms with Gasteiger partial charge in [0.1, 0.15) is 0 Å². The maximum Gasteiger partial charge on any atom is 0.346 e. The predicted molar refractivity (Wildman–Crippen MR) is 296 cm³/mol. The molecular weight excluding hydrogens is 1080 g/mol. The molecule has 0 atom stereocenters. The van der Waals surface area contributed by atoms with Crippen molar-refractivity contribution in [2.75, 3.05) is 27.3 Å². The van der Waals surface area contributed by atoms with Gasteiger partial charge in [-0.3, -0.25) is 24.4 Å². The van der Waals surface area contributed by atoms with Gasteiger partial charge in [0.2, 0.25) is 0 Å². The number of carbonyl (C=O) groups is 2. The highest BCUT2D eigenvalue weighted by Crippen LogP contribution is 2.34. The van der Waals surface area contributed by atoms with E-state index in [0.29, 0.717) is 21.8 Å². The fraction of sp³-hybridized carbons (Fsp3) is 0.500. The van der Waals surface area contributed by atoms with Gasteiger partial charge in [0.15, 0.2) is 11.8 Å². The van der Waals surface area contributed by atoms with Crippen molar-refractivity contribution < 1.29 is 23.8 Å². The Bertz CT molecular complexity index is 2910. The Labute approximate surface area is 439 Å². The number of pyridine rings is 2. The second-order valence-electron chi connectivity index (χ2n) is 21.7. The van der Waals surface area contributed by atoms with Crippen molar-refractivity contribution in [3.63, 3.8) is 0 Å². The number of cyclic esters (lactones) is 2. The fourth-order valence-electron chi connectivity index (χ4n) is 9.00. The molecule has 10 rings (SSSR count). The first-order valence-electron chi connectivity index (χ1n) is 23.7. The van der Waals surface area contributed by atoms with E-state index in [1.165, 1.54) is 24.2 Å². The van der Waals surface area contributed by atoms with Crippen molar-refractivity contribution in [3.05, 3.63) is 123 Å². The number of aryl methyl sites for hydroxylation is 1. The van der Waals surface area contributed by atoms with Crippen molar-refractivity contribution in [3.8, 4) is 0 Å². The molecule has 0 saturated heterocycles. The molecule has 0 spiro atoms. The Balaban J connectivity index is 0.000000166. The summed E-state index contributed by atoms with van der Waals surface area (Å²) in [6.45, 7) is 21.5. The summed E-state index contributed by atoms with van der Waals surface area (Å²) >= 11 is 10.2. The Morgan fingerprint density at radius 1 is 0.586 bits per heavy atom. The second-order valence-corrected chi connectivity index (χ2v) is 24.5. The SMILES string of the molecule is C.CC1(C)CCc2cc3cc(Br)ccc3c(=O)n2C1.CC1(C)CCn2c(cc3cc(Br)ccc3c2=O)C1.COC1=NCC(C)(C)CC1.COC1=NCCC(C)(C)C1.O=C1Cc2cc(Br)ccc2C(=O)O1. The lowest BCUT2D eigenvalue weighted by Crippen LogP contribution is -2.35. The number of hydrogen-bond donors (Lipinski definition) is 0. The van der Waals surface area contributed by atoms with Gasteiger partial charge in [-0.1, -0.05) is 111 Å². The van der Waals surface area contributed by atoms with Crippen LogP contribution in [0, 0.1) is 21.7 Å². The molecule has 0 saturated carbocycles. The van der Waals surface area contributed by atoms with Crippen LogP contribution in [0.2, 0.25) is 0 Å². The van der Waals surface area contributed by atoms with Gasteiger partial charge in [0, 0.05) is 74.6 Å². The zero-order valence-electron chi connectivity index (χ0n) is 41.8. The van der Waals surface area contributed by atoms with Gasteiger partial charge in [-0.25, -0.2) is 4.79 Å². The van der Waals surface area contributed by atoms with Gasteiger partial charge >= 0.3 is 11.9 Å². The van der Waals surface area contributed by atoms with Crippen molar-refractivity contribution >= 4 is 93.1 Å². The van der Waals surface area contributed by atoms with E-state index in [1.807, 2.05) is 45.5 Å². The Kier molecular flexibility index (Phi) is 18.9. The van der Waals surface area contributed by atoms with Gasteiger partial charge in [-0.05, 0) is 143 Å². The van der Waals surface area contributed by atoms with E-state index >= 15 is 0 Å². The minimum atomic E-state index is -0.557. The van der Waals surface area contributed by atoms with E-state index < -0.39 is 11.9 Å². The number of ether oxygens (including phenoxy) is 3. The molecule has 0 radical (unpaired) electrons. The fourth-order valence-corrected chi connectivity index (χ4v) is 10.2. The maximum atomic E-state index is 12.5. The predicted octanol–water partition coefficient (Wildman–Crippen LogP) is 13.5. The number of methoxy groups -OCH3 is 2. The third-order valence-corrected chi connectivity index (χ3v) is 14.8. The first-order chi connectivity index (χ1) is 32.4. The Hall–Kier alpha value is -4.40. The lowest BCUT2D eigenvalue weighted by Gasteiger charge is -2.32. The van der Waals surface area contributed by atoms with Crippen LogP contribution in [0.4, 0.5) is 0 Å². The molecule has 0 aliphatic carbocycles. The standard InChI is InChI=1S/2C15H16BrNO.C9H5BrO3.2C8H15NO.CH4/c1-15(2)5-6-17-12(9-15)8-10-7-11(16)3-4-13(10)14(17)18;1-15(2)6-5-12-8-10-7-11(16)3-4-13(10)14(18)17(12)9-15;10-6-1-2-7-5(3-6)4-8(11)13-9(7)12;1-8(2)4-5-9-7(6-8)10-3;1-8(2)5-4-7(10-3)9-6-8;/h2*3-4,7-8H,5-6,9H2,1-2H3;1-3H,4H2;2*4-6H2,1-3H3;1H4. The number of halogens is 3. The van der Waals surface area contributed by atoms with Crippen molar-refractivity contribution in [1.82, 2.24) is 9.13 Å². The third kappa shape index (κ3) is 15.1. The lowest BCUT2D eigenvalue weighted by atomic mass is 9.81. The van der Waals surface area contributed by atoms with Crippen LogP contribution < -0.4 is 11.1 Å². The highest BCUT2D eigenvalue weighted by molar-refractivity contribution is 9.11. The van der Waals surface area contributed by atoms with Crippen LogP contribution in [0.3, 0.4) is 0 Å². The molecule has 0 N–H and O–H groups in total. The zero-order chi connectivity index (χ0) is 50.5. The van der Waals surface area contributed by atoms with E-state index in [1.54, 1.807) is 32.4 Å². The third-order valence-electron chi connectivity index (χ3n) is 13.3. The molecule has 70 heavy (non-hydrogen) atoms. The molecule has 378 valence electrons. The second kappa shape index (κ2) is 23.4. The Morgan fingerprint density at radius 2 is 1.14 bits per heavy atom. The minimum absolute atomic E-state index is 0. The van der Waals surface area contributed by atoms with E-state index in [2.05, 4.69) is 130 Å². The van der Waals surface area contributed by atoms with Crippen LogP contribution in [0.25, 0.3) is 21.5 Å². The van der Waals surface area contributed by atoms with E-state index in [0.717, 1.165) is 117 Å². The van der Waals surface area contributed by atoms with Crippen molar-refractivity contribution in [2.24, 2.45) is 31.6 Å². The number of carbonyl (C=O) groups excluding carboxylic acids is 2. The van der Waals surface area contributed by atoms with Crippen LogP contribution in [0.1, 0.15) is 129 Å². The average Bonchev–Trinajstić information content (AvgIpc) is 3.26. The van der Waals surface area contributed by atoms with Crippen LogP contribution in [0.5, 0.6) is 0 Å². The summed E-state index contributed by atoms with van der Waals surface area (Å²) in [5.74, 6) is 0.782. The summed E-state index contributed by atoms with van der Waals surface area (Å²) in [7, 11) is 3.39. The summed E-state index contributed by atoms with van der Waals surface area (Å²) in [5, 5.41) is 3.72. The summed E-state index contributed by atoms with van der Waals surface area (Å²) < 4.78 is 21.4. The molecule has 0 fully saturated rings. The summed E-state index contributed by atoms with van der Waals surface area (Å²) in [4.78, 5) is 55.5. The molecule has 5 aliphatic rings. The molecular formula is C56H71Br3N4O7. The number of nitrogens with zero attached hydrogens (tertiary/aromatic N) is 4. The molecule has 2 aromatic heterocycles. The van der Waals surface area contributed by atoms with Gasteiger partial charge in [-0.2, -0.15) is 0 Å². The van der Waals surface area contributed by atoms with Crippen molar-refractivity contribution in [2.45, 2.75) is 134 Å². The largest absolute Gasteiger partial charge is 0.484 e. The van der Waals surface area contributed by atoms with E-state index in [9.17, 15) is 19.2 Å². The van der Waals surface area contributed by atoms with Gasteiger partial charge < -0.3 is 23.3 Å². The molecule has 3 aromatic carbocycles. The molecule has 7 heterocycles. The molecule has 0 amide bonds. The number of benzene rings is 3. The molecule has 11 nitrogen and oxygen atoms in total. The quantitative estimate of drug-likeness (QED) is 0.111. The number of hydrogen-bond acceptors (Lipinski definition) is 9. The number of fused-ring (bicyclic) bond motifs is 5. The number of esters is 2. The monoisotopic (exact) mass is 1150 g/mol. The minimum Gasteiger partial charge on any atom is -0.484 e. The topological polar surface area (TPSA) is 131 Å². The summed E-state index contributed by atoms with van der Waals surface area (Å²) in [5.41, 5.74) is 5.15. The zero-order valence-corrected chi connectivity index (χ0v) is 46.6. The van der Waals surface area contributed by atoms with Crippen LogP contribution in [0.15, 0.2) is 99.7 Å². The molecule has 5 aliphatic heterocycles. The molecule has 14 heteroatoms. The smallest absolute Gasteiger partial charge is 0.346 e. The van der Waals surface area contributed by atoms with Crippen LogP contribution in [-0.2, 0) is 51.4 Å². The molecule has 0 bridgehead atoms. The average molecular weight is 1150 g/mol. The molecule has 5 aromatic rings. The summed E-state index contributed by atoms with van der Waals surface area (Å²) in [6.07, 6.45) is 8.72. The highest BCUT2D eigenvalue weighted by atomic mass is 79.9. The molecule has 0 unspecified atom stereocenters. The van der Waals surface area contributed by atoms with Crippen molar-refractivity contribution in [1.29, 1.82) is 0 Å². The van der Waals surface area contributed by atoms with Crippen LogP contribution >= 0.6 is 47.8 Å². The number of aromatic nitrogens is 2. The lowest BCUT2D eigenvalue weighted by molar-refractivity contribution is -0.137. The normalized spacial score (nSPS) is 18.7. The number of aliphatic imine (C=N–C) groups is 2. The number of rotatable bonds is 0. The maximum absolute atomic E-state index is 12.5. The van der Waals surface area contributed by atoms with E-state index in [-0.39, 0.29) is 30.4 Å². The van der Waals surface area contributed by atoms with Gasteiger partial charge in [0.05, 0.1) is 26.2 Å². The first-order valence-corrected chi connectivity index (χ1v) is 26.1.